The Morgan fingerprint density at radius 1 is 1.47 bits per heavy atom. The van der Waals surface area contributed by atoms with Crippen LogP contribution in [0.3, 0.4) is 0 Å². The van der Waals surface area contributed by atoms with E-state index in [0.29, 0.717) is 0 Å². The Bertz CT molecular complexity index is 670. The van der Waals surface area contributed by atoms with E-state index in [9.17, 15) is 13.2 Å². The van der Waals surface area contributed by atoms with E-state index in [1.165, 1.54) is 11.1 Å². The van der Waals surface area contributed by atoms with Crippen molar-refractivity contribution in [1.29, 1.82) is 0 Å². The Morgan fingerprint density at radius 3 is 2.89 bits per heavy atom. The van der Waals surface area contributed by atoms with E-state index in [4.69, 9.17) is 0 Å². The van der Waals surface area contributed by atoms with Crippen LogP contribution in [-0.4, -0.2) is 20.6 Å². The number of aryl methyl sites for hydroxylation is 1. The molecule has 4 nitrogen and oxygen atoms in total. The Balaban J connectivity index is 1.86. The van der Waals surface area contributed by atoms with E-state index >= 15 is 0 Å². The second kappa shape index (κ2) is 4.06. The van der Waals surface area contributed by atoms with Gasteiger partial charge in [0.05, 0.1) is 6.26 Å². The Hall–Kier alpha value is -0.880. The van der Waals surface area contributed by atoms with E-state index in [-0.39, 0.29) is 17.2 Å². The standard InChI is InChI=1S/C13H14BrNO3S/c1-19(17,18)15-12(16)11-7-13(11)5-4-8-6-9(14)2-3-10(8)13/h2-3,6,11H,4-5,7H2,1H3,(H,15,16)/t11-,13+/m1/s1. The quantitative estimate of drug-likeness (QED) is 0.889. The molecule has 1 fully saturated rings. The first-order valence-electron chi connectivity index (χ1n) is 6.12. The number of halogens is 1. The zero-order chi connectivity index (χ0) is 13.8. The minimum absolute atomic E-state index is 0.120. The maximum atomic E-state index is 12.0. The fraction of sp³-hybridized carbons (Fsp3) is 0.462. The number of rotatable bonds is 2. The summed E-state index contributed by atoms with van der Waals surface area (Å²) in [5, 5.41) is 0. The Kier molecular flexibility index (Phi) is 2.80. The predicted octanol–water partition coefficient (Wildman–Crippen LogP) is 1.73. The van der Waals surface area contributed by atoms with Crippen LogP contribution in [0.25, 0.3) is 0 Å². The molecule has 19 heavy (non-hydrogen) atoms. The molecule has 0 aromatic heterocycles. The molecule has 3 rings (SSSR count). The average Bonchev–Trinajstić information content (AvgIpc) is 2.89. The number of sulfonamides is 1. The molecule has 0 unspecified atom stereocenters. The summed E-state index contributed by atoms with van der Waals surface area (Å²) < 4.78 is 25.4. The smallest absolute Gasteiger partial charge is 0.237 e. The van der Waals surface area contributed by atoms with E-state index in [1.54, 1.807) is 0 Å². The van der Waals surface area contributed by atoms with Gasteiger partial charge in [-0.2, -0.15) is 0 Å². The first-order chi connectivity index (χ1) is 8.82. The van der Waals surface area contributed by atoms with Gasteiger partial charge >= 0.3 is 0 Å². The zero-order valence-electron chi connectivity index (χ0n) is 10.4. The third-order valence-electron chi connectivity index (χ3n) is 4.12. The van der Waals surface area contributed by atoms with Crippen LogP contribution in [-0.2, 0) is 26.7 Å². The maximum Gasteiger partial charge on any atom is 0.237 e. The van der Waals surface area contributed by atoms with Crippen LogP contribution in [0.4, 0.5) is 0 Å². The van der Waals surface area contributed by atoms with Crippen molar-refractivity contribution >= 4 is 31.9 Å². The molecule has 1 saturated carbocycles. The first kappa shape index (κ1) is 13.1. The number of hydrogen-bond donors (Lipinski definition) is 1. The van der Waals surface area contributed by atoms with Gasteiger partial charge in [0, 0.05) is 15.8 Å². The van der Waals surface area contributed by atoms with Crippen molar-refractivity contribution in [2.75, 3.05) is 6.26 Å². The Morgan fingerprint density at radius 2 is 2.21 bits per heavy atom. The van der Waals surface area contributed by atoms with Gasteiger partial charge < -0.3 is 0 Å². The summed E-state index contributed by atoms with van der Waals surface area (Å²) in [6, 6.07) is 6.13. The predicted molar refractivity (Wildman–Crippen MR) is 75.2 cm³/mol. The number of benzene rings is 1. The van der Waals surface area contributed by atoms with Gasteiger partial charge in [0.1, 0.15) is 0 Å². The largest absolute Gasteiger partial charge is 0.274 e. The van der Waals surface area contributed by atoms with Crippen molar-refractivity contribution in [3.63, 3.8) is 0 Å². The molecule has 102 valence electrons. The van der Waals surface area contributed by atoms with Crippen molar-refractivity contribution in [3.8, 4) is 0 Å². The second-order valence-corrected chi connectivity index (χ2v) is 8.12. The van der Waals surface area contributed by atoms with Crippen LogP contribution >= 0.6 is 15.9 Å². The van der Waals surface area contributed by atoms with Crippen molar-refractivity contribution in [2.45, 2.75) is 24.7 Å². The highest BCUT2D eigenvalue weighted by Gasteiger charge is 2.61. The van der Waals surface area contributed by atoms with Crippen LogP contribution < -0.4 is 4.72 Å². The van der Waals surface area contributed by atoms with Gasteiger partial charge in [-0.25, -0.2) is 8.42 Å². The van der Waals surface area contributed by atoms with Crippen molar-refractivity contribution in [2.24, 2.45) is 5.92 Å². The molecular weight excluding hydrogens is 330 g/mol. The van der Waals surface area contributed by atoms with Crippen molar-refractivity contribution in [1.82, 2.24) is 4.72 Å². The Labute approximate surface area is 120 Å². The number of nitrogens with one attached hydrogen (secondary N) is 1. The number of carbonyl (C=O) groups is 1. The molecule has 1 spiro atoms. The van der Waals surface area contributed by atoms with Gasteiger partial charge in [-0.05, 0) is 42.5 Å². The topological polar surface area (TPSA) is 63.2 Å². The lowest BCUT2D eigenvalue weighted by molar-refractivity contribution is -0.120. The number of fused-ring (bicyclic) bond motifs is 2. The molecule has 1 amide bonds. The zero-order valence-corrected chi connectivity index (χ0v) is 12.8. The normalized spacial score (nSPS) is 28.2. The highest BCUT2D eigenvalue weighted by Crippen LogP contribution is 2.61. The average molecular weight is 344 g/mol. The molecule has 0 heterocycles. The molecule has 2 atom stereocenters. The molecule has 0 radical (unpaired) electrons. The number of hydrogen-bond acceptors (Lipinski definition) is 3. The summed E-state index contributed by atoms with van der Waals surface area (Å²) in [5.41, 5.74) is 2.36. The summed E-state index contributed by atoms with van der Waals surface area (Å²) in [7, 11) is -3.47. The second-order valence-electron chi connectivity index (χ2n) is 5.45. The lowest BCUT2D eigenvalue weighted by Gasteiger charge is -2.11. The summed E-state index contributed by atoms with van der Waals surface area (Å²) in [6.07, 6.45) is 3.65. The number of amides is 1. The van der Waals surface area contributed by atoms with Crippen molar-refractivity contribution < 1.29 is 13.2 Å². The highest BCUT2D eigenvalue weighted by molar-refractivity contribution is 9.10. The van der Waals surface area contributed by atoms with Gasteiger partial charge in [0.2, 0.25) is 15.9 Å². The SMILES string of the molecule is CS(=O)(=O)NC(=O)[C@H]1C[C@]12CCc1cc(Br)ccc12. The van der Waals surface area contributed by atoms with E-state index in [0.717, 1.165) is 30.0 Å². The number of carbonyl (C=O) groups excluding carboxylic acids is 1. The fourth-order valence-corrected chi connectivity index (χ4v) is 4.14. The fourth-order valence-electron chi connectivity index (χ4n) is 3.22. The molecule has 0 aliphatic heterocycles. The minimum Gasteiger partial charge on any atom is -0.274 e. The van der Waals surface area contributed by atoms with Crippen LogP contribution in [0.2, 0.25) is 0 Å². The first-order valence-corrected chi connectivity index (χ1v) is 8.81. The molecule has 2 aliphatic rings. The molecule has 6 heteroatoms. The monoisotopic (exact) mass is 343 g/mol. The molecule has 0 bridgehead atoms. The van der Waals surface area contributed by atoms with Crippen molar-refractivity contribution in [3.05, 3.63) is 33.8 Å². The van der Waals surface area contributed by atoms with Crippen LogP contribution in [0.5, 0.6) is 0 Å². The van der Waals surface area contributed by atoms with Gasteiger partial charge in [-0.1, -0.05) is 22.0 Å². The summed E-state index contributed by atoms with van der Waals surface area (Å²) in [6.45, 7) is 0. The van der Waals surface area contributed by atoms with E-state index in [2.05, 4.69) is 32.8 Å². The molecular formula is C13H14BrNO3S. The lowest BCUT2D eigenvalue weighted by Crippen LogP contribution is -2.32. The molecule has 1 N–H and O–H groups in total. The van der Waals surface area contributed by atoms with Crippen LogP contribution in [0, 0.1) is 5.92 Å². The summed E-state index contributed by atoms with van der Waals surface area (Å²) in [4.78, 5) is 12.0. The van der Waals surface area contributed by atoms with E-state index < -0.39 is 10.0 Å². The summed E-state index contributed by atoms with van der Waals surface area (Å²) >= 11 is 3.45. The highest BCUT2D eigenvalue weighted by atomic mass is 79.9. The van der Waals surface area contributed by atoms with Crippen LogP contribution in [0.1, 0.15) is 24.0 Å². The van der Waals surface area contributed by atoms with Gasteiger partial charge in [0.25, 0.3) is 0 Å². The van der Waals surface area contributed by atoms with E-state index in [1.807, 2.05) is 6.07 Å². The van der Waals surface area contributed by atoms with Crippen LogP contribution in [0.15, 0.2) is 22.7 Å². The van der Waals surface area contributed by atoms with Gasteiger partial charge in [-0.3, -0.25) is 9.52 Å². The maximum absolute atomic E-state index is 12.0. The molecule has 1 aromatic rings. The third kappa shape index (κ3) is 2.21. The van der Waals surface area contributed by atoms with Gasteiger partial charge in [0.15, 0.2) is 0 Å². The molecule has 0 saturated heterocycles. The van der Waals surface area contributed by atoms with Gasteiger partial charge in [-0.15, -0.1) is 0 Å². The summed E-state index contributed by atoms with van der Waals surface area (Å²) in [5.74, 6) is -0.567. The molecule has 2 aliphatic carbocycles. The lowest BCUT2D eigenvalue weighted by atomic mass is 9.95. The molecule has 1 aromatic carbocycles. The minimum atomic E-state index is -3.47. The third-order valence-corrected chi connectivity index (χ3v) is 5.19.